The van der Waals surface area contributed by atoms with E-state index in [1.807, 2.05) is 18.2 Å². The Balaban J connectivity index is 2.93. The van der Waals surface area contributed by atoms with Crippen molar-refractivity contribution >= 4 is 11.6 Å². The van der Waals surface area contributed by atoms with E-state index >= 15 is 0 Å². The fraction of sp³-hybridized carbons (Fsp3) is 0.412. The summed E-state index contributed by atoms with van der Waals surface area (Å²) in [7, 11) is 0. The second-order valence-electron chi connectivity index (χ2n) is 4.72. The molecule has 1 unspecified atom stereocenters. The molecule has 1 aromatic rings. The zero-order chi connectivity index (χ0) is 14.3. The zero-order valence-electron chi connectivity index (χ0n) is 12.0. The van der Waals surface area contributed by atoms with Gasteiger partial charge >= 0.3 is 0 Å². The Morgan fingerprint density at radius 2 is 1.79 bits per heavy atom. The minimum atomic E-state index is -0.542. The van der Waals surface area contributed by atoms with Crippen molar-refractivity contribution in [1.82, 2.24) is 0 Å². The van der Waals surface area contributed by atoms with E-state index in [1.54, 1.807) is 12.1 Å². The van der Waals surface area contributed by atoms with Gasteiger partial charge in [-0.3, -0.25) is 9.59 Å². The van der Waals surface area contributed by atoms with Crippen LogP contribution in [0, 0.1) is 5.92 Å². The summed E-state index contributed by atoms with van der Waals surface area (Å²) in [4.78, 5) is 24.2. The van der Waals surface area contributed by atoms with Crippen LogP contribution < -0.4 is 0 Å². The molecule has 2 nitrogen and oxygen atoms in total. The second kappa shape index (κ2) is 7.67. The van der Waals surface area contributed by atoms with Gasteiger partial charge in [0.05, 0.1) is 5.92 Å². The molecule has 1 rings (SSSR count). The lowest BCUT2D eigenvalue weighted by molar-refractivity contribution is -0.119. The molecule has 0 spiro atoms. The van der Waals surface area contributed by atoms with Crippen LogP contribution in [0.15, 0.2) is 42.0 Å². The molecule has 0 saturated carbocycles. The van der Waals surface area contributed by atoms with Gasteiger partial charge in [0.25, 0.3) is 0 Å². The van der Waals surface area contributed by atoms with E-state index in [-0.39, 0.29) is 11.6 Å². The van der Waals surface area contributed by atoms with Gasteiger partial charge in [-0.05, 0) is 26.2 Å². The van der Waals surface area contributed by atoms with E-state index < -0.39 is 5.92 Å². The van der Waals surface area contributed by atoms with Gasteiger partial charge < -0.3 is 0 Å². The van der Waals surface area contributed by atoms with Gasteiger partial charge in [-0.2, -0.15) is 0 Å². The maximum Gasteiger partial charge on any atom is 0.173 e. The Labute approximate surface area is 115 Å². The molecular weight excluding hydrogens is 236 g/mol. The molecule has 0 fully saturated rings. The van der Waals surface area contributed by atoms with E-state index in [1.165, 1.54) is 12.5 Å². The summed E-state index contributed by atoms with van der Waals surface area (Å²) in [5.41, 5.74) is 1.81. The van der Waals surface area contributed by atoms with Crippen LogP contribution in [0.5, 0.6) is 0 Å². The van der Waals surface area contributed by atoms with Gasteiger partial charge in [0.15, 0.2) is 5.78 Å². The summed E-state index contributed by atoms with van der Waals surface area (Å²) in [6.07, 6.45) is 4.49. The van der Waals surface area contributed by atoms with Crippen LogP contribution in [-0.4, -0.2) is 11.6 Å². The van der Waals surface area contributed by atoms with Crippen LogP contribution >= 0.6 is 0 Å². The SMILES string of the molecule is CC/C=C(\CC)CC(C(C)=O)C(=O)c1ccccc1. The molecule has 0 heterocycles. The fourth-order valence-corrected chi connectivity index (χ4v) is 2.15. The third-order valence-corrected chi connectivity index (χ3v) is 3.28. The van der Waals surface area contributed by atoms with Gasteiger partial charge in [0.1, 0.15) is 5.78 Å². The van der Waals surface area contributed by atoms with Crippen molar-refractivity contribution in [2.75, 3.05) is 0 Å². The molecule has 0 aromatic heterocycles. The number of carbonyl (C=O) groups excluding carboxylic acids is 2. The number of Topliss-reactive ketones (excluding diaryl/α,β-unsaturated/α-hetero) is 2. The van der Waals surface area contributed by atoms with Gasteiger partial charge in [-0.1, -0.05) is 55.8 Å². The largest absolute Gasteiger partial charge is 0.299 e. The number of hydrogen-bond donors (Lipinski definition) is 0. The Morgan fingerprint density at radius 1 is 1.16 bits per heavy atom. The van der Waals surface area contributed by atoms with E-state index in [9.17, 15) is 9.59 Å². The first kappa shape index (κ1) is 15.4. The van der Waals surface area contributed by atoms with E-state index in [2.05, 4.69) is 19.9 Å². The van der Waals surface area contributed by atoms with E-state index in [0.717, 1.165) is 12.8 Å². The number of rotatable bonds is 7. The predicted octanol–water partition coefficient (Wildman–Crippen LogP) is 4.21. The van der Waals surface area contributed by atoms with E-state index in [0.29, 0.717) is 12.0 Å². The normalized spacial score (nSPS) is 13.1. The predicted molar refractivity (Wildman–Crippen MR) is 78.2 cm³/mol. The fourth-order valence-electron chi connectivity index (χ4n) is 2.15. The maximum atomic E-state index is 12.4. The first-order valence-electron chi connectivity index (χ1n) is 6.87. The molecule has 19 heavy (non-hydrogen) atoms. The van der Waals surface area contributed by atoms with Gasteiger partial charge in [-0.15, -0.1) is 0 Å². The third-order valence-electron chi connectivity index (χ3n) is 3.28. The molecule has 1 aromatic carbocycles. The van der Waals surface area contributed by atoms with E-state index in [4.69, 9.17) is 0 Å². The summed E-state index contributed by atoms with van der Waals surface area (Å²) in [5.74, 6) is -0.659. The smallest absolute Gasteiger partial charge is 0.173 e. The highest BCUT2D eigenvalue weighted by atomic mass is 16.1. The van der Waals surface area contributed by atoms with Crippen molar-refractivity contribution in [1.29, 1.82) is 0 Å². The van der Waals surface area contributed by atoms with Crippen molar-refractivity contribution in [3.63, 3.8) is 0 Å². The molecule has 0 aliphatic carbocycles. The molecule has 0 saturated heterocycles. The third kappa shape index (κ3) is 4.47. The standard InChI is InChI=1S/C17H22O2/c1-4-9-14(5-2)12-16(13(3)18)17(19)15-10-7-6-8-11-15/h6-11,16H,4-5,12H2,1-3H3/b14-9+. The zero-order valence-corrected chi connectivity index (χ0v) is 12.0. The highest BCUT2D eigenvalue weighted by Crippen LogP contribution is 2.21. The quantitative estimate of drug-likeness (QED) is 0.417. The van der Waals surface area contributed by atoms with Gasteiger partial charge in [0.2, 0.25) is 0 Å². The molecule has 102 valence electrons. The van der Waals surface area contributed by atoms with Crippen molar-refractivity contribution < 1.29 is 9.59 Å². The monoisotopic (exact) mass is 258 g/mol. The first-order chi connectivity index (χ1) is 9.10. The average Bonchev–Trinajstić information content (AvgIpc) is 2.43. The summed E-state index contributed by atoms with van der Waals surface area (Å²) >= 11 is 0. The molecular formula is C17H22O2. The number of allylic oxidation sites excluding steroid dienone is 2. The highest BCUT2D eigenvalue weighted by Gasteiger charge is 2.24. The molecule has 0 amide bonds. The number of hydrogen-bond acceptors (Lipinski definition) is 2. The Kier molecular flexibility index (Phi) is 6.20. The lowest BCUT2D eigenvalue weighted by atomic mass is 9.87. The number of benzene rings is 1. The summed E-state index contributed by atoms with van der Waals surface area (Å²) in [5, 5.41) is 0. The van der Waals surface area contributed by atoms with Crippen molar-refractivity contribution in [3.05, 3.63) is 47.5 Å². The Hall–Kier alpha value is -1.70. The lowest BCUT2D eigenvalue weighted by Gasteiger charge is -2.14. The van der Waals surface area contributed by atoms with Crippen molar-refractivity contribution in [3.8, 4) is 0 Å². The molecule has 2 heteroatoms. The van der Waals surface area contributed by atoms with Gasteiger partial charge in [0, 0.05) is 5.56 Å². The lowest BCUT2D eigenvalue weighted by Crippen LogP contribution is -2.22. The summed E-state index contributed by atoms with van der Waals surface area (Å²) in [6, 6.07) is 9.06. The number of carbonyl (C=O) groups is 2. The minimum absolute atomic E-state index is 0.0516. The van der Waals surface area contributed by atoms with Crippen LogP contribution in [0.1, 0.15) is 50.4 Å². The van der Waals surface area contributed by atoms with Gasteiger partial charge in [-0.25, -0.2) is 0 Å². The second-order valence-corrected chi connectivity index (χ2v) is 4.72. The van der Waals surface area contributed by atoms with Crippen LogP contribution in [0.25, 0.3) is 0 Å². The maximum absolute atomic E-state index is 12.4. The number of ketones is 2. The van der Waals surface area contributed by atoms with Crippen molar-refractivity contribution in [2.45, 2.75) is 40.0 Å². The minimum Gasteiger partial charge on any atom is -0.299 e. The highest BCUT2D eigenvalue weighted by molar-refractivity contribution is 6.10. The van der Waals surface area contributed by atoms with Crippen LogP contribution in [-0.2, 0) is 4.79 Å². The average molecular weight is 258 g/mol. The van der Waals surface area contributed by atoms with Crippen LogP contribution in [0.2, 0.25) is 0 Å². The van der Waals surface area contributed by atoms with Crippen molar-refractivity contribution in [2.24, 2.45) is 5.92 Å². The Morgan fingerprint density at radius 3 is 2.26 bits per heavy atom. The molecule has 1 atom stereocenters. The molecule has 0 bridgehead atoms. The van der Waals surface area contributed by atoms with Crippen LogP contribution in [0.4, 0.5) is 0 Å². The first-order valence-corrected chi connectivity index (χ1v) is 6.87. The summed E-state index contributed by atoms with van der Waals surface area (Å²) < 4.78 is 0. The molecule has 0 radical (unpaired) electrons. The van der Waals surface area contributed by atoms with Crippen LogP contribution in [0.3, 0.4) is 0 Å². The molecule has 0 aliphatic heterocycles. The summed E-state index contributed by atoms with van der Waals surface area (Å²) in [6.45, 7) is 5.63. The Bertz CT molecular complexity index is 457. The topological polar surface area (TPSA) is 34.1 Å². The molecule has 0 aliphatic rings. The molecule has 0 N–H and O–H groups in total.